The summed E-state index contributed by atoms with van der Waals surface area (Å²) in [6.45, 7) is 2.14. The van der Waals surface area contributed by atoms with Crippen molar-refractivity contribution in [1.29, 1.82) is 0 Å². The minimum absolute atomic E-state index is 0. The van der Waals surface area contributed by atoms with Crippen LogP contribution in [0.3, 0.4) is 0 Å². The van der Waals surface area contributed by atoms with E-state index in [9.17, 15) is 0 Å². The van der Waals surface area contributed by atoms with Crippen molar-refractivity contribution in [2.75, 3.05) is 0 Å². The maximum atomic E-state index is 2.14. The van der Waals surface area contributed by atoms with Crippen LogP contribution in [0.5, 0.6) is 0 Å². The molecule has 0 saturated heterocycles. The van der Waals surface area contributed by atoms with Gasteiger partial charge in [0.05, 0.1) is 0 Å². The van der Waals surface area contributed by atoms with Gasteiger partial charge in [-0.3, -0.25) is 0 Å². The Balaban J connectivity index is 0. The molecule has 1 radical (unpaired) electrons. The molecule has 0 aliphatic heterocycles. The second-order valence-electron chi connectivity index (χ2n) is 0.500. The Hall–Kier alpha value is 1.25. The zero-order chi connectivity index (χ0) is 2.71. The Kier molecular flexibility index (Phi) is 19.9. The van der Waals surface area contributed by atoms with Crippen molar-refractivity contribution in [1.82, 2.24) is 0 Å². The summed E-state index contributed by atoms with van der Waals surface area (Å²) in [5, 5.41) is 0. The minimum atomic E-state index is 0. The van der Waals surface area contributed by atoms with Crippen molar-refractivity contribution < 1.29 is 0 Å². The van der Waals surface area contributed by atoms with Gasteiger partial charge in [0.15, 0.2) is 0 Å². The highest BCUT2D eigenvalue weighted by molar-refractivity contribution is 8.93. The molecular weight excluding hydrogens is 128 g/mol. The molecule has 0 bridgehead atoms. The standard InChI is InChI=1S/C2H5.BrH.Mg/c1-2;;/h1H2,2H3;1H;. The van der Waals surface area contributed by atoms with Gasteiger partial charge in [-0.1, -0.05) is 6.92 Å². The van der Waals surface area contributed by atoms with E-state index < -0.39 is 0 Å². The minimum Gasteiger partial charge on any atom is -0.180 e. The molecule has 0 amide bonds. The molecule has 23 valence electrons. The van der Waals surface area contributed by atoms with Crippen LogP contribution in [0.15, 0.2) is 0 Å². The van der Waals surface area contributed by atoms with E-state index in [2.05, 4.69) is 6.92 Å². The van der Waals surface area contributed by atoms with Crippen molar-refractivity contribution in [3.63, 3.8) is 0 Å². The lowest BCUT2D eigenvalue weighted by molar-refractivity contribution is 1.48. The molecule has 0 saturated carbocycles. The fourth-order valence-corrected chi connectivity index (χ4v) is 0. The van der Waals surface area contributed by atoms with Crippen molar-refractivity contribution in [2.24, 2.45) is 0 Å². The van der Waals surface area contributed by atoms with E-state index in [1.165, 1.54) is 4.55 Å². The lowest BCUT2D eigenvalue weighted by Gasteiger charge is -1.48. The quantitative estimate of drug-likeness (QED) is 0.436. The number of halogens is 1. The van der Waals surface area contributed by atoms with Gasteiger partial charge in [0.1, 0.15) is 0 Å². The molecule has 0 unspecified atom stereocenters. The molecule has 0 atom stereocenters. The van der Waals surface area contributed by atoms with E-state index in [-0.39, 0.29) is 17.0 Å². The molecule has 0 heterocycles. The Bertz CT molecular complexity index is 6.00. The summed E-state index contributed by atoms with van der Waals surface area (Å²) in [4.78, 5) is 0. The third-order valence-corrected chi connectivity index (χ3v) is 0. The van der Waals surface area contributed by atoms with Gasteiger partial charge in [0.25, 0.3) is 0 Å². The zero-order valence-corrected chi connectivity index (χ0v) is 5.95. The molecular formula is C2H6BrMg. The van der Waals surface area contributed by atoms with Crippen LogP contribution >= 0.6 is 17.0 Å². The molecule has 0 rings (SSSR count). The van der Waals surface area contributed by atoms with Gasteiger partial charge >= 0.3 is 0 Å². The molecule has 0 aromatic rings. The SMILES string of the molecule is Br.C[CH2][Mg]. The molecule has 0 aromatic heterocycles. The maximum absolute atomic E-state index is 2.14. The summed E-state index contributed by atoms with van der Waals surface area (Å²) in [5.41, 5.74) is 0. The Labute approximate surface area is 50.2 Å². The van der Waals surface area contributed by atoms with Gasteiger partial charge in [0, 0.05) is 0 Å². The van der Waals surface area contributed by atoms with E-state index in [1.54, 1.807) is 0 Å². The monoisotopic (exact) mass is 133 g/mol. The van der Waals surface area contributed by atoms with E-state index in [0.717, 1.165) is 0 Å². The van der Waals surface area contributed by atoms with E-state index in [4.69, 9.17) is 0 Å². The Morgan fingerprint density at radius 3 is 1.75 bits per heavy atom. The van der Waals surface area contributed by atoms with Crippen LogP contribution in [-0.2, 0) is 0 Å². The summed E-state index contributed by atoms with van der Waals surface area (Å²) < 4.78 is 1.28. The van der Waals surface area contributed by atoms with Crippen LogP contribution in [0.2, 0.25) is 4.55 Å². The average molecular weight is 134 g/mol. The summed E-state index contributed by atoms with van der Waals surface area (Å²) in [6.07, 6.45) is 0. The molecule has 0 aliphatic rings. The van der Waals surface area contributed by atoms with Crippen molar-refractivity contribution in [3.8, 4) is 0 Å². The fraction of sp³-hybridized carbons (Fsp3) is 1.00. The highest BCUT2D eigenvalue weighted by Gasteiger charge is 1.37. The van der Waals surface area contributed by atoms with Crippen LogP contribution in [-0.4, -0.2) is 21.7 Å². The van der Waals surface area contributed by atoms with Crippen molar-refractivity contribution >= 4 is 38.7 Å². The zero-order valence-electron chi connectivity index (χ0n) is 2.82. The van der Waals surface area contributed by atoms with Gasteiger partial charge < -0.3 is 0 Å². The number of hydrogen-bond donors (Lipinski definition) is 0. The first-order valence-electron chi connectivity index (χ1n) is 1.21. The first kappa shape index (κ1) is 8.98. The van der Waals surface area contributed by atoms with Crippen molar-refractivity contribution in [2.45, 2.75) is 11.5 Å². The molecule has 0 N–H and O–H groups in total. The molecule has 4 heavy (non-hydrogen) atoms. The van der Waals surface area contributed by atoms with Gasteiger partial charge in [-0.05, 0) is 0 Å². The largest absolute Gasteiger partial charge is 0.221 e. The first-order valence-corrected chi connectivity index (χ1v) is 2.21. The predicted molar refractivity (Wildman–Crippen MR) is 26.6 cm³/mol. The van der Waals surface area contributed by atoms with E-state index in [0.29, 0.717) is 0 Å². The highest BCUT2D eigenvalue weighted by atomic mass is 79.9. The van der Waals surface area contributed by atoms with Crippen LogP contribution in [0, 0.1) is 0 Å². The summed E-state index contributed by atoms with van der Waals surface area (Å²) in [7, 11) is 0. The molecule has 0 nitrogen and oxygen atoms in total. The smallest absolute Gasteiger partial charge is 0.180 e. The number of rotatable bonds is 0. The van der Waals surface area contributed by atoms with E-state index in [1.807, 2.05) is 21.7 Å². The summed E-state index contributed by atoms with van der Waals surface area (Å²) in [5.74, 6) is 0. The Morgan fingerprint density at radius 2 is 1.75 bits per heavy atom. The Morgan fingerprint density at radius 1 is 1.75 bits per heavy atom. The van der Waals surface area contributed by atoms with Crippen LogP contribution in [0.25, 0.3) is 0 Å². The predicted octanol–water partition coefficient (Wildman–Crippen LogP) is 1.17. The molecule has 0 spiro atoms. The first-order chi connectivity index (χ1) is 1.41. The lowest BCUT2D eigenvalue weighted by Crippen LogP contribution is -1.41. The maximum Gasteiger partial charge on any atom is 0.221 e. The third-order valence-electron chi connectivity index (χ3n) is 0. The van der Waals surface area contributed by atoms with Crippen LogP contribution in [0.4, 0.5) is 0 Å². The molecule has 0 aliphatic carbocycles. The average Bonchev–Trinajstić information content (AvgIpc) is 0.918. The summed E-state index contributed by atoms with van der Waals surface area (Å²) >= 11 is 1.97. The lowest BCUT2D eigenvalue weighted by atomic mass is 11.0. The molecule has 0 aromatic carbocycles. The normalized spacial score (nSPS) is 4.00. The summed E-state index contributed by atoms with van der Waals surface area (Å²) in [6, 6.07) is 0. The topological polar surface area (TPSA) is 0 Å². The fourth-order valence-electron chi connectivity index (χ4n) is 0. The van der Waals surface area contributed by atoms with Crippen LogP contribution in [0.1, 0.15) is 6.92 Å². The second-order valence-corrected chi connectivity index (χ2v) is 1.50. The van der Waals surface area contributed by atoms with Gasteiger partial charge in [-0.15, -0.1) is 17.0 Å². The highest BCUT2D eigenvalue weighted by Crippen LogP contribution is 1.49. The van der Waals surface area contributed by atoms with Gasteiger partial charge in [0.2, 0.25) is 21.7 Å². The van der Waals surface area contributed by atoms with E-state index >= 15 is 0 Å². The van der Waals surface area contributed by atoms with Gasteiger partial charge in [-0.25, -0.2) is 0 Å². The van der Waals surface area contributed by atoms with Gasteiger partial charge in [-0.2, -0.15) is 4.55 Å². The molecule has 2 heteroatoms. The third kappa shape index (κ3) is 10.5. The van der Waals surface area contributed by atoms with Crippen LogP contribution < -0.4 is 0 Å². The number of hydrogen-bond acceptors (Lipinski definition) is 0. The second kappa shape index (κ2) is 8.87. The molecule has 0 fully saturated rings. The van der Waals surface area contributed by atoms with Crippen molar-refractivity contribution in [3.05, 3.63) is 0 Å².